The molecular formula is C18H18N2O3. The van der Waals surface area contributed by atoms with Crippen LogP contribution in [0.15, 0.2) is 45.6 Å². The minimum absolute atomic E-state index is 0.211. The molecule has 3 aromatic rings. The number of anilines is 1. The van der Waals surface area contributed by atoms with Crippen molar-refractivity contribution in [2.45, 2.75) is 27.3 Å². The van der Waals surface area contributed by atoms with Gasteiger partial charge in [-0.3, -0.25) is 9.36 Å². The molecule has 0 saturated heterocycles. The van der Waals surface area contributed by atoms with Crippen LogP contribution in [0.1, 0.15) is 28.4 Å². The van der Waals surface area contributed by atoms with E-state index in [1.807, 2.05) is 39.0 Å². The highest BCUT2D eigenvalue weighted by Crippen LogP contribution is 2.20. The predicted molar refractivity (Wildman–Crippen MR) is 90.0 cm³/mol. The van der Waals surface area contributed by atoms with E-state index in [0.717, 1.165) is 16.8 Å². The summed E-state index contributed by atoms with van der Waals surface area (Å²) in [5.74, 6) is -0.619. The first-order chi connectivity index (χ1) is 11.0. The van der Waals surface area contributed by atoms with Gasteiger partial charge in [0.2, 0.25) is 0 Å². The number of hydrogen-bond acceptors (Lipinski definition) is 3. The molecule has 118 valence electrons. The van der Waals surface area contributed by atoms with Crippen molar-refractivity contribution in [3.63, 3.8) is 0 Å². The highest BCUT2D eigenvalue weighted by molar-refractivity contribution is 6.06. The van der Waals surface area contributed by atoms with Crippen LogP contribution in [-0.2, 0) is 6.54 Å². The molecule has 0 bridgehead atoms. The summed E-state index contributed by atoms with van der Waals surface area (Å²) in [7, 11) is 0. The van der Waals surface area contributed by atoms with E-state index in [9.17, 15) is 9.59 Å². The first-order valence-corrected chi connectivity index (χ1v) is 7.52. The second-order valence-electron chi connectivity index (χ2n) is 5.50. The zero-order valence-corrected chi connectivity index (χ0v) is 13.3. The highest BCUT2D eigenvalue weighted by atomic mass is 16.4. The summed E-state index contributed by atoms with van der Waals surface area (Å²) >= 11 is 0. The van der Waals surface area contributed by atoms with E-state index in [0.29, 0.717) is 23.2 Å². The number of benzene rings is 2. The first-order valence-electron chi connectivity index (χ1n) is 7.52. The molecular weight excluding hydrogens is 292 g/mol. The molecule has 1 heterocycles. The third-order valence-corrected chi connectivity index (χ3v) is 4.10. The van der Waals surface area contributed by atoms with Crippen LogP contribution in [0.5, 0.6) is 0 Å². The lowest BCUT2D eigenvalue weighted by Gasteiger charge is -2.10. The van der Waals surface area contributed by atoms with Crippen molar-refractivity contribution in [3.05, 3.63) is 63.6 Å². The van der Waals surface area contributed by atoms with Gasteiger partial charge in [0.15, 0.2) is 5.58 Å². The van der Waals surface area contributed by atoms with Crippen LogP contribution in [-0.4, -0.2) is 10.5 Å². The van der Waals surface area contributed by atoms with Crippen LogP contribution in [0, 0.1) is 13.8 Å². The van der Waals surface area contributed by atoms with Crippen molar-refractivity contribution in [3.8, 4) is 0 Å². The Kier molecular flexibility index (Phi) is 3.78. The van der Waals surface area contributed by atoms with Gasteiger partial charge in [-0.25, -0.2) is 4.79 Å². The fraction of sp³-hybridized carbons (Fsp3) is 0.222. The Hall–Kier alpha value is -2.82. The predicted octanol–water partition coefficient (Wildman–Crippen LogP) is 3.48. The second kappa shape index (κ2) is 5.76. The Bertz CT molecular complexity index is 951. The molecule has 0 atom stereocenters. The van der Waals surface area contributed by atoms with Crippen LogP contribution in [0.3, 0.4) is 0 Å². The number of rotatable bonds is 3. The normalized spacial score (nSPS) is 10.9. The molecule has 23 heavy (non-hydrogen) atoms. The van der Waals surface area contributed by atoms with E-state index in [1.54, 1.807) is 18.2 Å². The minimum Gasteiger partial charge on any atom is -0.408 e. The zero-order valence-electron chi connectivity index (χ0n) is 13.3. The topological polar surface area (TPSA) is 64.2 Å². The quantitative estimate of drug-likeness (QED) is 0.805. The maximum absolute atomic E-state index is 12.5. The van der Waals surface area contributed by atoms with Crippen molar-refractivity contribution in [1.82, 2.24) is 4.57 Å². The molecule has 2 aromatic carbocycles. The van der Waals surface area contributed by atoms with Gasteiger partial charge in [-0.2, -0.15) is 0 Å². The molecule has 0 spiro atoms. The number of carbonyl (C=O) groups excluding carboxylic acids is 1. The fourth-order valence-corrected chi connectivity index (χ4v) is 2.58. The lowest BCUT2D eigenvalue weighted by Crippen LogP contribution is -2.14. The minimum atomic E-state index is -0.408. The Morgan fingerprint density at radius 3 is 2.74 bits per heavy atom. The number of oxazole rings is 1. The first kappa shape index (κ1) is 15.1. The average molecular weight is 310 g/mol. The maximum atomic E-state index is 12.5. The van der Waals surface area contributed by atoms with Crippen molar-refractivity contribution in [1.29, 1.82) is 0 Å². The van der Waals surface area contributed by atoms with E-state index in [2.05, 4.69) is 5.32 Å². The summed E-state index contributed by atoms with van der Waals surface area (Å²) in [4.78, 5) is 24.2. The number of fused-ring (bicyclic) bond motifs is 1. The average Bonchev–Trinajstić information content (AvgIpc) is 2.85. The molecule has 1 amide bonds. The monoisotopic (exact) mass is 310 g/mol. The number of nitrogens with one attached hydrogen (secondary N) is 1. The van der Waals surface area contributed by atoms with Crippen LogP contribution in [0.2, 0.25) is 0 Å². The molecule has 0 aliphatic rings. The molecule has 0 aliphatic heterocycles. The SMILES string of the molecule is CCn1c(=O)oc2ccc(C(=O)Nc3cccc(C)c3C)cc21. The maximum Gasteiger partial charge on any atom is 0.419 e. The molecule has 1 aromatic heterocycles. The summed E-state index contributed by atoms with van der Waals surface area (Å²) in [6, 6.07) is 10.8. The number of hydrogen-bond donors (Lipinski definition) is 1. The second-order valence-corrected chi connectivity index (χ2v) is 5.50. The molecule has 0 saturated carbocycles. The van der Waals surface area contributed by atoms with E-state index in [4.69, 9.17) is 4.42 Å². The van der Waals surface area contributed by atoms with E-state index in [-0.39, 0.29) is 5.91 Å². The number of nitrogens with zero attached hydrogens (tertiary/aromatic N) is 1. The Morgan fingerprint density at radius 2 is 2.00 bits per heavy atom. The van der Waals surface area contributed by atoms with Crippen molar-refractivity contribution >= 4 is 22.7 Å². The van der Waals surface area contributed by atoms with Gasteiger partial charge in [0.1, 0.15) is 0 Å². The molecule has 1 N–H and O–H groups in total. The third kappa shape index (κ3) is 2.65. The summed E-state index contributed by atoms with van der Waals surface area (Å²) in [6.45, 7) is 6.33. The van der Waals surface area contributed by atoms with Crippen molar-refractivity contribution < 1.29 is 9.21 Å². The van der Waals surface area contributed by atoms with Gasteiger partial charge in [-0.1, -0.05) is 12.1 Å². The van der Waals surface area contributed by atoms with Crippen LogP contribution >= 0.6 is 0 Å². The number of carbonyl (C=O) groups is 1. The van der Waals surface area contributed by atoms with Crippen LogP contribution in [0.4, 0.5) is 5.69 Å². The smallest absolute Gasteiger partial charge is 0.408 e. The lowest BCUT2D eigenvalue weighted by molar-refractivity contribution is 0.102. The van der Waals surface area contributed by atoms with Crippen LogP contribution < -0.4 is 11.1 Å². The lowest BCUT2D eigenvalue weighted by atomic mass is 10.1. The van der Waals surface area contributed by atoms with Gasteiger partial charge >= 0.3 is 5.76 Å². The highest BCUT2D eigenvalue weighted by Gasteiger charge is 2.13. The summed E-state index contributed by atoms with van der Waals surface area (Å²) < 4.78 is 6.66. The summed E-state index contributed by atoms with van der Waals surface area (Å²) in [6.07, 6.45) is 0. The Morgan fingerprint density at radius 1 is 1.22 bits per heavy atom. The molecule has 0 radical (unpaired) electrons. The van der Waals surface area contributed by atoms with Gasteiger partial charge in [-0.05, 0) is 56.2 Å². The summed E-state index contributed by atoms with van der Waals surface area (Å²) in [5, 5.41) is 2.92. The molecule has 3 rings (SSSR count). The van der Waals surface area contributed by atoms with Gasteiger partial charge < -0.3 is 9.73 Å². The van der Waals surface area contributed by atoms with Gasteiger partial charge in [0.25, 0.3) is 5.91 Å². The Balaban J connectivity index is 1.98. The number of aromatic nitrogens is 1. The van der Waals surface area contributed by atoms with E-state index >= 15 is 0 Å². The molecule has 5 heteroatoms. The van der Waals surface area contributed by atoms with Crippen molar-refractivity contribution in [2.75, 3.05) is 5.32 Å². The molecule has 0 unspecified atom stereocenters. The van der Waals surface area contributed by atoms with Gasteiger partial charge in [0, 0.05) is 17.8 Å². The molecule has 0 fully saturated rings. The molecule has 0 aliphatic carbocycles. The van der Waals surface area contributed by atoms with Gasteiger partial charge in [-0.15, -0.1) is 0 Å². The number of aryl methyl sites for hydroxylation is 2. The number of amides is 1. The standard InChI is InChI=1S/C18H18N2O3/c1-4-20-15-10-13(8-9-16(15)23-18(20)22)17(21)19-14-7-5-6-11(2)12(14)3/h5-10H,4H2,1-3H3,(H,19,21). The third-order valence-electron chi connectivity index (χ3n) is 4.10. The Labute approximate surface area is 133 Å². The van der Waals surface area contributed by atoms with Crippen molar-refractivity contribution in [2.24, 2.45) is 0 Å². The fourth-order valence-electron chi connectivity index (χ4n) is 2.58. The molecule has 5 nitrogen and oxygen atoms in total. The largest absolute Gasteiger partial charge is 0.419 e. The van der Waals surface area contributed by atoms with E-state index < -0.39 is 5.76 Å². The zero-order chi connectivity index (χ0) is 16.6. The summed E-state index contributed by atoms with van der Waals surface area (Å²) in [5.41, 5.74) is 4.55. The van der Waals surface area contributed by atoms with E-state index in [1.165, 1.54) is 4.57 Å². The van der Waals surface area contributed by atoms with Gasteiger partial charge in [0.05, 0.1) is 5.52 Å². The van der Waals surface area contributed by atoms with Crippen LogP contribution in [0.25, 0.3) is 11.1 Å².